The van der Waals surface area contributed by atoms with Crippen LogP contribution in [0.2, 0.25) is 0 Å². The molecule has 2 aliphatic carbocycles. The molecular formula is C26H38N4. The minimum absolute atomic E-state index is 0.584. The highest BCUT2D eigenvalue weighted by atomic mass is 15.3. The largest absolute Gasteiger partial charge is 0.356 e. The van der Waals surface area contributed by atoms with Gasteiger partial charge in [-0.05, 0) is 75.8 Å². The van der Waals surface area contributed by atoms with Crippen LogP contribution in [0.1, 0.15) is 83.6 Å². The van der Waals surface area contributed by atoms with Crippen molar-refractivity contribution >= 4 is 17.0 Å². The Morgan fingerprint density at radius 2 is 1.53 bits per heavy atom. The van der Waals surface area contributed by atoms with Crippen LogP contribution in [0.25, 0.3) is 11.0 Å². The normalized spacial score (nSPS) is 36.7. The molecule has 4 fully saturated rings. The molecule has 2 aliphatic heterocycles. The van der Waals surface area contributed by atoms with Gasteiger partial charge in [0.15, 0.2) is 0 Å². The van der Waals surface area contributed by atoms with E-state index in [9.17, 15) is 0 Å². The number of fused-ring (bicyclic) bond motifs is 5. The molecule has 4 aliphatic rings. The van der Waals surface area contributed by atoms with Crippen LogP contribution in [0.15, 0.2) is 24.3 Å². The molecule has 30 heavy (non-hydrogen) atoms. The summed E-state index contributed by atoms with van der Waals surface area (Å²) in [6.07, 6.45) is 15.9. The molecule has 6 atom stereocenters. The third kappa shape index (κ3) is 3.26. The van der Waals surface area contributed by atoms with E-state index < -0.39 is 0 Å². The molecule has 1 aromatic heterocycles. The van der Waals surface area contributed by atoms with E-state index in [0.717, 1.165) is 48.0 Å². The molecule has 1 N–H and O–H groups in total. The average molecular weight is 407 g/mol. The molecule has 1 unspecified atom stereocenters. The van der Waals surface area contributed by atoms with Crippen molar-refractivity contribution in [2.45, 2.75) is 102 Å². The van der Waals surface area contributed by atoms with Crippen molar-refractivity contribution < 1.29 is 0 Å². The van der Waals surface area contributed by atoms with Crippen LogP contribution in [0.3, 0.4) is 0 Å². The molecule has 2 saturated carbocycles. The summed E-state index contributed by atoms with van der Waals surface area (Å²) in [4.78, 5) is 8.02. The molecule has 162 valence electrons. The fourth-order valence-corrected chi connectivity index (χ4v) is 7.83. The Labute approximate surface area is 181 Å². The van der Waals surface area contributed by atoms with Crippen molar-refractivity contribution in [2.75, 3.05) is 11.9 Å². The predicted molar refractivity (Wildman–Crippen MR) is 124 cm³/mol. The maximum Gasteiger partial charge on any atom is 0.204 e. The predicted octanol–water partition coefficient (Wildman–Crippen LogP) is 5.99. The van der Waals surface area contributed by atoms with Gasteiger partial charge in [0.25, 0.3) is 0 Å². The zero-order valence-electron chi connectivity index (χ0n) is 18.6. The second kappa shape index (κ2) is 7.85. The van der Waals surface area contributed by atoms with Gasteiger partial charge in [0, 0.05) is 30.7 Å². The molecule has 1 aromatic carbocycles. The number of rotatable bonds is 4. The zero-order chi connectivity index (χ0) is 20.1. The lowest BCUT2D eigenvalue weighted by atomic mass is 9.68. The lowest BCUT2D eigenvalue weighted by Gasteiger charge is -2.55. The van der Waals surface area contributed by atoms with Gasteiger partial charge in [-0.15, -0.1) is 0 Å². The monoisotopic (exact) mass is 406 g/mol. The van der Waals surface area contributed by atoms with Gasteiger partial charge >= 0.3 is 0 Å². The van der Waals surface area contributed by atoms with E-state index in [2.05, 4.69) is 46.0 Å². The van der Waals surface area contributed by atoms with Crippen LogP contribution in [-0.4, -0.2) is 39.1 Å². The maximum atomic E-state index is 4.96. The lowest BCUT2D eigenvalue weighted by molar-refractivity contribution is -0.0480. The van der Waals surface area contributed by atoms with E-state index in [1.165, 1.54) is 76.1 Å². The van der Waals surface area contributed by atoms with Crippen molar-refractivity contribution in [3.8, 4) is 0 Å². The van der Waals surface area contributed by atoms with E-state index in [0.29, 0.717) is 6.04 Å². The van der Waals surface area contributed by atoms with Crippen LogP contribution in [0, 0.1) is 11.8 Å². The van der Waals surface area contributed by atoms with Crippen LogP contribution in [-0.2, 0) is 0 Å². The Balaban J connectivity index is 1.29. The van der Waals surface area contributed by atoms with Crippen molar-refractivity contribution in [1.29, 1.82) is 0 Å². The summed E-state index contributed by atoms with van der Waals surface area (Å²) in [5, 5.41) is 3.57. The Morgan fingerprint density at radius 1 is 0.833 bits per heavy atom. The standard InChI is InChI=1S/C26H38N4/c1-2-27-26-28-24-11-3-4-12-25(24)30(26)23-16-20-9-6-10-21(17-23)29(20)22-14-18-7-5-8-19(13-18)15-22/h3-4,11-12,18-23H,2,5-10,13-17H2,1H3,(H,27,28)/t18-,19+,20-,21+,22+,23?. The van der Waals surface area contributed by atoms with Gasteiger partial charge in [0.2, 0.25) is 5.95 Å². The first-order chi connectivity index (χ1) is 14.8. The first-order valence-electron chi connectivity index (χ1n) is 12.8. The quantitative estimate of drug-likeness (QED) is 0.676. The van der Waals surface area contributed by atoms with E-state index in [1.54, 1.807) is 0 Å². The molecule has 3 heterocycles. The minimum Gasteiger partial charge on any atom is -0.356 e. The maximum absolute atomic E-state index is 4.96. The van der Waals surface area contributed by atoms with E-state index >= 15 is 0 Å². The number of imidazole rings is 1. The lowest BCUT2D eigenvalue weighted by Crippen LogP contribution is -2.58. The highest BCUT2D eigenvalue weighted by Crippen LogP contribution is 2.48. The molecule has 4 nitrogen and oxygen atoms in total. The topological polar surface area (TPSA) is 33.1 Å². The number of hydrogen-bond acceptors (Lipinski definition) is 3. The first kappa shape index (κ1) is 19.2. The van der Waals surface area contributed by atoms with Gasteiger partial charge in [-0.25, -0.2) is 4.98 Å². The fourth-order valence-electron chi connectivity index (χ4n) is 7.83. The molecular weight excluding hydrogens is 368 g/mol. The minimum atomic E-state index is 0.584. The molecule has 6 rings (SSSR count). The Bertz CT molecular complexity index is 862. The Morgan fingerprint density at radius 3 is 2.27 bits per heavy atom. The molecule has 4 bridgehead atoms. The summed E-state index contributed by atoms with van der Waals surface area (Å²) in [5.74, 6) is 3.14. The number of para-hydroxylation sites is 2. The number of nitrogens with one attached hydrogen (secondary N) is 1. The second-order valence-electron chi connectivity index (χ2n) is 10.7. The highest BCUT2D eigenvalue weighted by molar-refractivity contribution is 5.78. The van der Waals surface area contributed by atoms with Crippen LogP contribution in [0.5, 0.6) is 0 Å². The number of nitrogens with zero attached hydrogens (tertiary/aromatic N) is 3. The van der Waals surface area contributed by atoms with Crippen LogP contribution >= 0.6 is 0 Å². The summed E-state index contributed by atoms with van der Waals surface area (Å²) < 4.78 is 2.57. The SMILES string of the molecule is CCNc1nc2ccccc2n1C1C[C@H]2CCC[C@@H](C1)N2[C@H]1C[C@@H]2CCC[C@@H](C2)C1. The van der Waals surface area contributed by atoms with Crippen molar-refractivity contribution in [1.82, 2.24) is 14.5 Å². The second-order valence-corrected chi connectivity index (χ2v) is 10.7. The summed E-state index contributed by atoms with van der Waals surface area (Å²) in [7, 11) is 0. The number of piperidine rings is 2. The molecule has 0 amide bonds. The third-order valence-electron chi connectivity index (χ3n) is 8.83. The number of aromatic nitrogens is 2. The third-order valence-corrected chi connectivity index (χ3v) is 8.83. The number of hydrogen-bond donors (Lipinski definition) is 1. The van der Waals surface area contributed by atoms with Gasteiger partial charge in [-0.2, -0.15) is 0 Å². The van der Waals surface area contributed by atoms with E-state index in [-0.39, 0.29) is 0 Å². The van der Waals surface area contributed by atoms with Gasteiger partial charge < -0.3 is 9.88 Å². The van der Waals surface area contributed by atoms with Gasteiger partial charge in [0.05, 0.1) is 11.0 Å². The summed E-state index contributed by atoms with van der Waals surface area (Å²) in [5.41, 5.74) is 2.46. The average Bonchev–Trinajstić information content (AvgIpc) is 3.11. The Hall–Kier alpha value is -1.55. The van der Waals surface area contributed by atoms with Crippen molar-refractivity contribution in [3.63, 3.8) is 0 Å². The van der Waals surface area contributed by atoms with Crippen molar-refractivity contribution in [3.05, 3.63) is 24.3 Å². The van der Waals surface area contributed by atoms with Crippen LogP contribution in [0.4, 0.5) is 5.95 Å². The van der Waals surface area contributed by atoms with Crippen LogP contribution < -0.4 is 5.32 Å². The van der Waals surface area contributed by atoms with E-state index in [4.69, 9.17) is 4.98 Å². The molecule has 2 saturated heterocycles. The van der Waals surface area contributed by atoms with E-state index in [1.807, 2.05) is 0 Å². The fraction of sp³-hybridized carbons (Fsp3) is 0.731. The molecule has 2 aromatic rings. The first-order valence-corrected chi connectivity index (χ1v) is 12.8. The summed E-state index contributed by atoms with van der Waals surface area (Å²) >= 11 is 0. The highest BCUT2D eigenvalue weighted by Gasteiger charge is 2.45. The summed E-state index contributed by atoms with van der Waals surface area (Å²) in [6, 6.07) is 11.7. The van der Waals surface area contributed by atoms with Gasteiger partial charge in [0.1, 0.15) is 0 Å². The molecule has 0 spiro atoms. The molecule has 0 radical (unpaired) electrons. The number of benzene rings is 1. The van der Waals surface area contributed by atoms with Gasteiger partial charge in [-0.1, -0.05) is 37.8 Å². The molecule has 4 heteroatoms. The van der Waals surface area contributed by atoms with Crippen molar-refractivity contribution in [2.24, 2.45) is 11.8 Å². The smallest absolute Gasteiger partial charge is 0.204 e. The Kier molecular flexibility index (Phi) is 5.02. The zero-order valence-corrected chi connectivity index (χ0v) is 18.6. The number of anilines is 1. The van der Waals surface area contributed by atoms with Gasteiger partial charge in [-0.3, -0.25) is 4.90 Å². The summed E-state index contributed by atoms with van der Waals surface area (Å²) in [6.45, 7) is 3.11.